The summed E-state index contributed by atoms with van der Waals surface area (Å²) >= 11 is 0. The van der Waals surface area contributed by atoms with Crippen molar-refractivity contribution < 1.29 is 9.59 Å². The lowest BCUT2D eigenvalue weighted by Crippen LogP contribution is -2.62. The Balaban J connectivity index is 1.83. The molecule has 1 N–H and O–H groups in total. The predicted molar refractivity (Wildman–Crippen MR) is 114 cm³/mol. The number of fused-ring (bicyclic) bond motifs is 1. The van der Waals surface area contributed by atoms with Gasteiger partial charge in [-0.2, -0.15) is 0 Å². The molecule has 1 aromatic carbocycles. The van der Waals surface area contributed by atoms with Crippen LogP contribution in [-0.2, 0) is 4.79 Å². The van der Waals surface area contributed by atoms with Gasteiger partial charge in [0, 0.05) is 17.8 Å². The van der Waals surface area contributed by atoms with E-state index in [2.05, 4.69) is 24.1 Å². The van der Waals surface area contributed by atoms with Crippen LogP contribution in [-0.4, -0.2) is 33.3 Å². The van der Waals surface area contributed by atoms with E-state index in [1.165, 1.54) is 0 Å². The van der Waals surface area contributed by atoms with Gasteiger partial charge in [-0.25, -0.2) is 4.98 Å². The van der Waals surface area contributed by atoms with Crippen molar-refractivity contribution in [3.63, 3.8) is 0 Å². The number of amides is 2. The fourth-order valence-corrected chi connectivity index (χ4v) is 5.23. The van der Waals surface area contributed by atoms with E-state index in [1.54, 1.807) is 6.20 Å². The van der Waals surface area contributed by atoms with E-state index < -0.39 is 11.5 Å². The number of aryl methyl sites for hydroxylation is 1. The van der Waals surface area contributed by atoms with E-state index in [0.29, 0.717) is 11.4 Å². The summed E-state index contributed by atoms with van der Waals surface area (Å²) in [6, 6.07) is 11.5. The number of hydrogen-bond donors (Lipinski definition) is 1. The van der Waals surface area contributed by atoms with Crippen molar-refractivity contribution in [1.82, 2.24) is 9.88 Å². The molecule has 1 fully saturated rings. The Bertz CT molecular complexity index is 933. The molecule has 0 bridgehead atoms. The highest BCUT2D eigenvalue weighted by Crippen LogP contribution is 2.51. The van der Waals surface area contributed by atoms with Gasteiger partial charge in [0.15, 0.2) is 0 Å². The Hall–Kier alpha value is -2.69. The van der Waals surface area contributed by atoms with Crippen molar-refractivity contribution in [2.24, 2.45) is 0 Å². The van der Waals surface area contributed by atoms with Crippen molar-refractivity contribution in [3.05, 3.63) is 59.3 Å². The van der Waals surface area contributed by atoms with Crippen molar-refractivity contribution in [1.29, 1.82) is 0 Å². The molecular weight excluding hydrogens is 362 g/mol. The topological polar surface area (TPSA) is 62.3 Å². The lowest BCUT2D eigenvalue weighted by Gasteiger charge is -2.52. The molecule has 2 amide bonds. The van der Waals surface area contributed by atoms with Crippen LogP contribution in [0.3, 0.4) is 0 Å². The van der Waals surface area contributed by atoms with Gasteiger partial charge in [0.1, 0.15) is 5.82 Å². The molecule has 0 unspecified atom stereocenters. The highest BCUT2D eigenvalue weighted by molar-refractivity contribution is 6.05. The molecule has 2 aliphatic rings. The fourth-order valence-electron chi connectivity index (χ4n) is 5.23. The summed E-state index contributed by atoms with van der Waals surface area (Å²) in [7, 11) is 0. The van der Waals surface area contributed by atoms with E-state index in [1.807, 2.05) is 48.2 Å². The number of rotatable bonds is 4. The van der Waals surface area contributed by atoms with Gasteiger partial charge in [0.2, 0.25) is 5.91 Å². The summed E-state index contributed by atoms with van der Waals surface area (Å²) in [6.07, 6.45) is 6.36. The average Bonchev–Trinajstić information content (AvgIpc) is 3.17. The van der Waals surface area contributed by atoms with E-state index in [9.17, 15) is 9.59 Å². The number of benzene rings is 1. The molecule has 0 saturated heterocycles. The maximum Gasteiger partial charge on any atom is 0.254 e. The second-order valence-corrected chi connectivity index (χ2v) is 8.47. The third-order valence-electron chi connectivity index (χ3n) is 6.67. The Labute approximate surface area is 172 Å². The maximum absolute atomic E-state index is 13.7. The zero-order valence-corrected chi connectivity index (χ0v) is 17.4. The molecule has 1 aliphatic heterocycles. The van der Waals surface area contributed by atoms with Crippen LogP contribution in [0.5, 0.6) is 0 Å². The highest BCUT2D eigenvalue weighted by Gasteiger charge is 2.56. The summed E-state index contributed by atoms with van der Waals surface area (Å²) in [5.74, 6) is 0.163. The quantitative estimate of drug-likeness (QED) is 0.823. The molecule has 1 spiro atoms. The second-order valence-electron chi connectivity index (χ2n) is 8.47. The molecular formula is C24H29N3O2. The molecule has 2 aromatic rings. The van der Waals surface area contributed by atoms with Crippen LogP contribution in [0.1, 0.15) is 73.4 Å². The highest BCUT2D eigenvalue weighted by atomic mass is 16.2. The van der Waals surface area contributed by atoms with Gasteiger partial charge in [-0.1, -0.05) is 38.0 Å². The van der Waals surface area contributed by atoms with Crippen LogP contribution in [0.2, 0.25) is 0 Å². The van der Waals surface area contributed by atoms with Crippen molar-refractivity contribution in [3.8, 4) is 0 Å². The molecule has 152 valence electrons. The largest absolute Gasteiger partial charge is 0.329 e. The number of nitrogens with zero attached hydrogens (tertiary/aromatic N) is 2. The van der Waals surface area contributed by atoms with Crippen LogP contribution in [0, 0.1) is 6.92 Å². The minimum Gasteiger partial charge on any atom is -0.329 e. The van der Waals surface area contributed by atoms with E-state index in [4.69, 9.17) is 0 Å². The number of nitrogens with one attached hydrogen (secondary N) is 1. The molecule has 1 aromatic heterocycles. The molecule has 4 rings (SSSR count). The zero-order valence-electron chi connectivity index (χ0n) is 17.4. The zero-order chi connectivity index (χ0) is 20.6. The van der Waals surface area contributed by atoms with Crippen LogP contribution in [0.25, 0.3) is 0 Å². The van der Waals surface area contributed by atoms with E-state index >= 15 is 0 Å². The van der Waals surface area contributed by atoms with Crippen molar-refractivity contribution >= 4 is 17.6 Å². The van der Waals surface area contributed by atoms with Gasteiger partial charge in [-0.05, 0) is 62.4 Å². The molecule has 5 heteroatoms. The molecule has 2 atom stereocenters. The Kier molecular flexibility index (Phi) is 5.15. The van der Waals surface area contributed by atoms with Crippen LogP contribution in [0.15, 0.2) is 42.6 Å². The van der Waals surface area contributed by atoms with E-state index in [-0.39, 0.29) is 17.9 Å². The smallest absolute Gasteiger partial charge is 0.254 e. The van der Waals surface area contributed by atoms with Gasteiger partial charge in [0.05, 0.1) is 11.5 Å². The van der Waals surface area contributed by atoms with Crippen LogP contribution >= 0.6 is 0 Å². The summed E-state index contributed by atoms with van der Waals surface area (Å²) in [6.45, 7) is 6.19. The molecule has 29 heavy (non-hydrogen) atoms. The molecule has 2 heterocycles. The first-order valence-electron chi connectivity index (χ1n) is 10.6. The van der Waals surface area contributed by atoms with Gasteiger partial charge in [-0.3, -0.25) is 9.59 Å². The number of aromatic nitrogens is 1. The van der Waals surface area contributed by atoms with Gasteiger partial charge in [0.25, 0.3) is 5.91 Å². The summed E-state index contributed by atoms with van der Waals surface area (Å²) in [4.78, 5) is 33.6. The van der Waals surface area contributed by atoms with Crippen LogP contribution in [0.4, 0.5) is 5.82 Å². The lowest BCUT2D eigenvalue weighted by atomic mass is 9.70. The third kappa shape index (κ3) is 3.22. The second kappa shape index (κ2) is 7.62. The fraction of sp³-hybridized carbons (Fsp3) is 0.458. The molecule has 1 aliphatic carbocycles. The molecule has 5 nitrogen and oxygen atoms in total. The number of hydrogen-bond acceptors (Lipinski definition) is 3. The van der Waals surface area contributed by atoms with Crippen molar-refractivity contribution in [2.75, 3.05) is 5.32 Å². The normalized spacial score (nSPS) is 21.1. The first kappa shape index (κ1) is 19.6. The van der Waals surface area contributed by atoms with Crippen molar-refractivity contribution in [2.45, 2.75) is 70.4 Å². The minimum atomic E-state index is -0.464. The Morgan fingerprint density at radius 2 is 2.00 bits per heavy atom. The van der Waals surface area contributed by atoms with Gasteiger partial charge in [-0.15, -0.1) is 0 Å². The minimum absolute atomic E-state index is 0.0644. The summed E-state index contributed by atoms with van der Waals surface area (Å²) in [5, 5.41) is 3.05. The number of carbonyl (C=O) groups is 2. The summed E-state index contributed by atoms with van der Waals surface area (Å²) < 4.78 is 0. The number of pyridine rings is 1. The first-order chi connectivity index (χ1) is 14.0. The SMILES string of the molecule is CC[C@H](C)N1C(=O)c2ccccc2[C@H](C(=O)Nc2cc(C)ccn2)C12CCCC2. The Morgan fingerprint density at radius 3 is 2.69 bits per heavy atom. The lowest BCUT2D eigenvalue weighted by molar-refractivity contribution is -0.121. The van der Waals surface area contributed by atoms with Gasteiger partial charge >= 0.3 is 0 Å². The predicted octanol–water partition coefficient (Wildman–Crippen LogP) is 4.68. The third-order valence-corrected chi connectivity index (χ3v) is 6.67. The average molecular weight is 392 g/mol. The van der Waals surface area contributed by atoms with Gasteiger partial charge < -0.3 is 10.2 Å². The number of carbonyl (C=O) groups excluding carboxylic acids is 2. The molecule has 1 saturated carbocycles. The summed E-state index contributed by atoms with van der Waals surface area (Å²) in [5.41, 5.74) is 2.09. The van der Waals surface area contributed by atoms with Crippen LogP contribution < -0.4 is 5.32 Å². The number of anilines is 1. The standard InChI is InChI=1S/C24H29N3O2/c1-4-17(3)27-23(29)19-10-6-5-9-18(19)21(24(27)12-7-8-13-24)22(28)26-20-15-16(2)11-14-25-20/h5-6,9-11,14-15,17,21H,4,7-8,12-13H2,1-3H3,(H,25,26,28)/t17-,21+/m0/s1. The molecule has 0 radical (unpaired) electrons. The first-order valence-corrected chi connectivity index (χ1v) is 10.6. The monoisotopic (exact) mass is 391 g/mol. The maximum atomic E-state index is 13.7. The Morgan fingerprint density at radius 1 is 1.28 bits per heavy atom. The van der Waals surface area contributed by atoms with E-state index in [0.717, 1.165) is 43.2 Å².